The number of fused-ring (bicyclic) bond motifs is 1. The molecule has 0 N–H and O–H groups in total. The highest BCUT2D eigenvalue weighted by Gasteiger charge is 2.42. The van der Waals surface area contributed by atoms with Crippen LogP contribution in [0, 0.1) is 0 Å². The van der Waals surface area contributed by atoms with Crippen molar-refractivity contribution in [2.45, 2.75) is 77.8 Å². The quantitative estimate of drug-likeness (QED) is 0.468. The summed E-state index contributed by atoms with van der Waals surface area (Å²) in [5, 5.41) is 3.83. The molecule has 0 fully saturated rings. The average molecular weight is 375 g/mol. The van der Waals surface area contributed by atoms with Gasteiger partial charge < -0.3 is 4.42 Å². The molecule has 0 aliphatic carbocycles. The molecule has 0 saturated heterocycles. The average Bonchev–Trinajstić information content (AvgIpc) is 2.66. The van der Waals surface area contributed by atoms with Gasteiger partial charge in [0.2, 0.25) is 0 Å². The summed E-state index contributed by atoms with van der Waals surface area (Å²) < 4.78 is 5.88. The third kappa shape index (κ3) is 3.19. The molecule has 1 aromatic heterocycles. The molecule has 4 heteroatoms. The Balaban J connectivity index is 3.07. The van der Waals surface area contributed by atoms with Crippen molar-refractivity contribution < 1.29 is 4.42 Å². The van der Waals surface area contributed by atoms with Gasteiger partial charge in [0.1, 0.15) is 5.58 Å². The Kier molecular flexibility index (Phi) is 6.49. The highest BCUT2D eigenvalue weighted by atomic mass is 28.3. The van der Waals surface area contributed by atoms with Crippen LogP contribution in [0.3, 0.4) is 0 Å². The van der Waals surface area contributed by atoms with Crippen molar-refractivity contribution in [3.8, 4) is 0 Å². The molecule has 2 rings (SSSR count). The fourth-order valence-electron chi connectivity index (χ4n) is 4.74. The number of rotatable bonds is 8. The number of hydrogen-bond acceptors (Lipinski definition) is 2. The zero-order valence-electron chi connectivity index (χ0n) is 16.9. The molecule has 0 radical (unpaired) electrons. The second-order valence-electron chi connectivity index (χ2n) is 7.32. The van der Waals surface area contributed by atoms with Crippen LogP contribution in [0.1, 0.15) is 41.5 Å². The Morgan fingerprint density at radius 1 is 0.720 bits per heavy atom. The second-order valence-corrected chi connectivity index (χ2v) is 17.7. The van der Waals surface area contributed by atoms with E-state index in [4.69, 9.17) is 4.42 Å². The van der Waals surface area contributed by atoms with Crippen molar-refractivity contribution in [3.63, 3.8) is 0 Å². The lowest BCUT2D eigenvalue weighted by molar-refractivity contribution is 0.566. The van der Waals surface area contributed by atoms with Gasteiger partial charge in [0.05, 0.1) is 16.1 Å². The van der Waals surface area contributed by atoms with Crippen molar-refractivity contribution in [2.24, 2.45) is 0 Å². The molecule has 0 unspecified atom stereocenters. The van der Waals surface area contributed by atoms with Crippen LogP contribution in [0.4, 0.5) is 0 Å². The van der Waals surface area contributed by atoms with Crippen molar-refractivity contribution in [1.29, 1.82) is 0 Å². The van der Waals surface area contributed by atoms with Crippen LogP contribution in [0.15, 0.2) is 33.5 Å². The Morgan fingerprint density at radius 2 is 1.16 bits per heavy atom. The number of benzene rings is 1. The van der Waals surface area contributed by atoms with Gasteiger partial charge in [0.15, 0.2) is 0 Å². The molecule has 138 valence electrons. The van der Waals surface area contributed by atoms with Crippen LogP contribution < -0.4 is 16.0 Å². The molecular weight excluding hydrogens is 340 g/mol. The van der Waals surface area contributed by atoms with E-state index < -0.39 is 16.1 Å². The molecule has 0 bridgehead atoms. The van der Waals surface area contributed by atoms with Crippen molar-refractivity contribution >= 4 is 37.5 Å². The van der Waals surface area contributed by atoms with Crippen LogP contribution in [0.5, 0.6) is 0 Å². The van der Waals surface area contributed by atoms with E-state index in [0.29, 0.717) is 0 Å². The molecule has 0 amide bonds. The summed E-state index contributed by atoms with van der Waals surface area (Å²) in [7, 11) is -3.55. The van der Waals surface area contributed by atoms with E-state index in [9.17, 15) is 4.79 Å². The molecule has 1 aromatic carbocycles. The molecule has 2 nitrogen and oxygen atoms in total. The van der Waals surface area contributed by atoms with Gasteiger partial charge in [0, 0.05) is 10.6 Å². The van der Waals surface area contributed by atoms with Crippen LogP contribution in [-0.4, -0.2) is 16.1 Å². The molecule has 2 aromatic rings. The van der Waals surface area contributed by atoms with E-state index in [2.05, 4.69) is 53.7 Å². The first-order chi connectivity index (χ1) is 12.0. The third-order valence-electron chi connectivity index (χ3n) is 6.93. The first kappa shape index (κ1) is 20.2. The van der Waals surface area contributed by atoms with Gasteiger partial charge in [-0.2, -0.15) is 0 Å². The van der Waals surface area contributed by atoms with Crippen LogP contribution in [0.25, 0.3) is 11.0 Å². The molecule has 0 spiro atoms. The second kappa shape index (κ2) is 8.04. The van der Waals surface area contributed by atoms with E-state index in [1.54, 1.807) is 0 Å². The zero-order chi connectivity index (χ0) is 18.7. The maximum absolute atomic E-state index is 13.3. The minimum atomic E-state index is -1.83. The Labute approximate surface area is 154 Å². The highest BCUT2D eigenvalue weighted by Crippen LogP contribution is 2.27. The molecule has 0 aliphatic rings. The van der Waals surface area contributed by atoms with Crippen LogP contribution >= 0.6 is 0 Å². The van der Waals surface area contributed by atoms with Crippen molar-refractivity contribution in [1.82, 2.24) is 0 Å². The van der Waals surface area contributed by atoms with E-state index in [-0.39, 0.29) is 5.63 Å². The van der Waals surface area contributed by atoms with Gasteiger partial charge in [-0.1, -0.05) is 96.0 Å². The maximum Gasteiger partial charge on any atom is 0.335 e. The molecule has 25 heavy (non-hydrogen) atoms. The molecule has 0 atom stereocenters. The maximum atomic E-state index is 13.3. The lowest BCUT2D eigenvalue weighted by Crippen LogP contribution is -2.67. The van der Waals surface area contributed by atoms with Gasteiger partial charge in [-0.05, 0) is 11.3 Å². The first-order valence-corrected chi connectivity index (χ1v) is 15.3. The van der Waals surface area contributed by atoms with Gasteiger partial charge >= 0.3 is 5.63 Å². The van der Waals surface area contributed by atoms with Gasteiger partial charge in [-0.15, -0.1) is 0 Å². The Hall–Kier alpha value is -1.14. The topological polar surface area (TPSA) is 30.2 Å². The summed E-state index contributed by atoms with van der Waals surface area (Å²) in [4.78, 5) is 13.3. The van der Waals surface area contributed by atoms with Crippen LogP contribution in [-0.2, 0) is 0 Å². The van der Waals surface area contributed by atoms with E-state index >= 15 is 0 Å². The SMILES string of the molecule is CC[Si](CC)(CC)c1c([Si](CC)(CC)CC)c2ccccc2oc1=O. The zero-order valence-corrected chi connectivity index (χ0v) is 18.9. The summed E-state index contributed by atoms with van der Waals surface area (Å²) in [6.07, 6.45) is 0. The van der Waals surface area contributed by atoms with Gasteiger partial charge in [-0.3, -0.25) is 0 Å². The minimum absolute atomic E-state index is 0.0295. The van der Waals surface area contributed by atoms with Crippen LogP contribution in [0.2, 0.25) is 36.3 Å². The summed E-state index contributed by atoms with van der Waals surface area (Å²) in [5.74, 6) is 0. The normalized spacial score (nSPS) is 12.7. The fraction of sp³-hybridized carbons (Fsp3) is 0.571. The molecular formula is C21H34O2Si2. The molecule has 1 heterocycles. The predicted octanol–water partition coefficient (Wildman–Crippen LogP) is 5.22. The monoisotopic (exact) mass is 374 g/mol. The minimum Gasteiger partial charge on any atom is -0.423 e. The summed E-state index contributed by atoms with van der Waals surface area (Å²) >= 11 is 0. The van der Waals surface area contributed by atoms with Gasteiger partial charge in [0.25, 0.3) is 0 Å². The molecule has 0 saturated carbocycles. The van der Waals surface area contributed by atoms with E-state index in [1.807, 2.05) is 12.1 Å². The third-order valence-corrected chi connectivity index (χ3v) is 18.4. The Morgan fingerprint density at radius 3 is 1.64 bits per heavy atom. The van der Waals surface area contributed by atoms with E-state index in [0.717, 1.165) is 28.9 Å². The van der Waals surface area contributed by atoms with Crippen molar-refractivity contribution in [2.75, 3.05) is 0 Å². The smallest absolute Gasteiger partial charge is 0.335 e. The Bertz CT molecular complexity index is 755. The number of hydrogen-bond donors (Lipinski definition) is 0. The predicted molar refractivity (Wildman–Crippen MR) is 116 cm³/mol. The lowest BCUT2D eigenvalue weighted by Gasteiger charge is -2.37. The molecule has 0 aliphatic heterocycles. The number of para-hydroxylation sites is 1. The van der Waals surface area contributed by atoms with E-state index in [1.165, 1.54) is 28.7 Å². The summed E-state index contributed by atoms with van der Waals surface area (Å²) in [6.45, 7) is 13.8. The highest BCUT2D eigenvalue weighted by molar-refractivity contribution is 7.02. The largest absolute Gasteiger partial charge is 0.423 e. The lowest BCUT2D eigenvalue weighted by atomic mass is 10.2. The standard InChI is InChI=1S/C21H34O2Si2/c1-7-24(8-2,9-3)19-17-15-13-14-16-18(17)23-21(22)20(19)25(10-4,11-5)12-6/h13-16H,7-12H2,1-6H3. The summed E-state index contributed by atoms with van der Waals surface area (Å²) in [5.41, 5.74) is 0.753. The first-order valence-electron chi connectivity index (χ1n) is 10.1. The van der Waals surface area contributed by atoms with Gasteiger partial charge in [-0.25, -0.2) is 4.79 Å². The summed E-state index contributed by atoms with van der Waals surface area (Å²) in [6, 6.07) is 15.2. The van der Waals surface area contributed by atoms with Crippen molar-refractivity contribution in [3.05, 3.63) is 34.7 Å². The fourth-order valence-corrected chi connectivity index (χ4v) is 14.0.